The lowest BCUT2D eigenvalue weighted by Gasteiger charge is -2.03. The maximum absolute atomic E-state index is 12.2. The molecule has 0 aliphatic rings. The van der Waals surface area contributed by atoms with E-state index in [4.69, 9.17) is 4.42 Å². The molecule has 0 saturated heterocycles. The van der Waals surface area contributed by atoms with Gasteiger partial charge < -0.3 is 14.1 Å². The van der Waals surface area contributed by atoms with Crippen LogP contribution in [0.5, 0.6) is 0 Å². The third kappa shape index (κ3) is 2.27. The highest BCUT2D eigenvalue weighted by Gasteiger charge is 2.14. The Morgan fingerprint density at radius 2 is 2.30 bits per heavy atom. The van der Waals surface area contributed by atoms with E-state index in [-0.39, 0.29) is 5.91 Å². The first-order valence-electron chi connectivity index (χ1n) is 6.26. The van der Waals surface area contributed by atoms with Crippen LogP contribution in [0.4, 0.5) is 0 Å². The van der Waals surface area contributed by atoms with Crippen molar-refractivity contribution in [2.45, 2.75) is 20.4 Å². The average molecular weight is 270 g/mol. The summed E-state index contributed by atoms with van der Waals surface area (Å²) in [7, 11) is 0. The number of aryl methyl sites for hydroxylation is 2. The third-order valence-electron chi connectivity index (χ3n) is 2.95. The first-order valence-corrected chi connectivity index (χ1v) is 6.26. The molecule has 0 atom stereocenters. The molecule has 0 bridgehead atoms. The van der Waals surface area contributed by atoms with Crippen molar-refractivity contribution in [3.63, 3.8) is 0 Å². The molecule has 102 valence electrons. The summed E-state index contributed by atoms with van der Waals surface area (Å²) < 4.78 is 6.98. The summed E-state index contributed by atoms with van der Waals surface area (Å²) in [4.78, 5) is 20.6. The summed E-state index contributed by atoms with van der Waals surface area (Å²) in [5, 5.41) is 2.82. The van der Waals surface area contributed by atoms with Crippen LogP contribution in [0.1, 0.15) is 27.5 Å². The number of nitrogens with zero attached hydrogens (tertiary/aromatic N) is 3. The fourth-order valence-electron chi connectivity index (χ4n) is 2.06. The van der Waals surface area contributed by atoms with Gasteiger partial charge in [0.1, 0.15) is 5.76 Å². The molecule has 0 spiro atoms. The molecule has 0 aliphatic carbocycles. The van der Waals surface area contributed by atoms with Gasteiger partial charge in [0.15, 0.2) is 11.3 Å². The molecular formula is C14H14N4O2. The van der Waals surface area contributed by atoms with Crippen LogP contribution in [-0.2, 0) is 6.54 Å². The molecule has 1 amide bonds. The maximum Gasteiger partial charge on any atom is 0.274 e. The minimum absolute atomic E-state index is 0.250. The van der Waals surface area contributed by atoms with Gasteiger partial charge in [0.05, 0.1) is 12.0 Å². The molecular weight excluding hydrogens is 256 g/mol. The van der Waals surface area contributed by atoms with Gasteiger partial charge in [-0.1, -0.05) is 0 Å². The molecule has 0 radical (unpaired) electrons. The van der Waals surface area contributed by atoms with Gasteiger partial charge >= 0.3 is 0 Å². The van der Waals surface area contributed by atoms with E-state index in [0.717, 1.165) is 17.0 Å². The van der Waals surface area contributed by atoms with E-state index in [1.54, 1.807) is 23.1 Å². The quantitative estimate of drug-likeness (QED) is 0.788. The van der Waals surface area contributed by atoms with E-state index in [2.05, 4.69) is 15.3 Å². The van der Waals surface area contributed by atoms with Crippen LogP contribution in [0.3, 0.4) is 0 Å². The molecule has 1 N–H and O–H groups in total. The second-order valence-electron chi connectivity index (χ2n) is 4.64. The minimum Gasteiger partial charge on any atom is -0.469 e. The minimum atomic E-state index is -0.250. The Bertz CT molecular complexity index is 772. The van der Waals surface area contributed by atoms with Crippen LogP contribution < -0.4 is 5.32 Å². The number of imidazole rings is 1. The molecule has 0 saturated carbocycles. The van der Waals surface area contributed by atoms with E-state index in [1.165, 1.54) is 0 Å². The number of carbonyl (C=O) groups excluding carboxylic acids is 1. The Morgan fingerprint density at radius 1 is 1.45 bits per heavy atom. The Kier molecular flexibility index (Phi) is 2.98. The molecule has 3 aromatic heterocycles. The number of fused-ring (bicyclic) bond motifs is 1. The number of furan rings is 1. The number of aromatic nitrogens is 3. The lowest BCUT2D eigenvalue weighted by atomic mass is 10.3. The Morgan fingerprint density at radius 3 is 3.05 bits per heavy atom. The number of amides is 1. The predicted molar refractivity (Wildman–Crippen MR) is 72.3 cm³/mol. The molecule has 3 rings (SSSR count). The average Bonchev–Trinajstić information content (AvgIpc) is 3.00. The zero-order valence-electron chi connectivity index (χ0n) is 11.3. The van der Waals surface area contributed by atoms with Gasteiger partial charge in [0.25, 0.3) is 5.91 Å². The number of carbonyl (C=O) groups is 1. The van der Waals surface area contributed by atoms with Crippen LogP contribution in [0.2, 0.25) is 0 Å². The van der Waals surface area contributed by atoms with Crippen molar-refractivity contribution in [3.8, 4) is 0 Å². The van der Waals surface area contributed by atoms with Crippen molar-refractivity contribution in [1.82, 2.24) is 19.7 Å². The fourth-order valence-corrected chi connectivity index (χ4v) is 2.06. The number of rotatable bonds is 3. The van der Waals surface area contributed by atoms with Gasteiger partial charge in [-0.2, -0.15) is 0 Å². The van der Waals surface area contributed by atoms with Gasteiger partial charge in [0.2, 0.25) is 0 Å². The molecule has 3 aromatic rings. The summed E-state index contributed by atoms with van der Waals surface area (Å²) in [5.74, 6) is 0.568. The smallest absolute Gasteiger partial charge is 0.274 e. The fraction of sp³-hybridized carbons (Fsp3) is 0.214. The lowest BCUT2D eigenvalue weighted by Crippen LogP contribution is -2.24. The van der Waals surface area contributed by atoms with Crippen LogP contribution >= 0.6 is 0 Å². The molecule has 0 aliphatic heterocycles. The van der Waals surface area contributed by atoms with Gasteiger partial charge in [-0.25, -0.2) is 9.97 Å². The number of hydrogen-bond acceptors (Lipinski definition) is 4. The molecule has 0 fully saturated rings. The van der Waals surface area contributed by atoms with Crippen LogP contribution in [-0.4, -0.2) is 20.3 Å². The van der Waals surface area contributed by atoms with E-state index in [9.17, 15) is 4.79 Å². The van der Waals surface area contributed by atoms with Crippen LogP contribution in [0.15, 0.2) is 35.3 Å². The molecule has 6 heteroatoms. The van der Waals surface area contributed by atoms with E-state index < -0.39 is 0 Å². The summed E-state index contributed by atoms with van der Waals surface area (Å²) in [6.45, 7) is 4.14. The van der Waals surface area contributed by atoms with Crippen LogP contribution in [0.25, 0.3) is 5.65 Å². The summed E-state index contributed by atoms with van der Waals surface area (Å²) in [6.07, 6.45) is 6.84. The van der Waals surface area contributed by atoms with Crippen molar-refractivity contribution in [2.75, 3.05) is 0 Å². The zero-order valence-corrected chi connectivity index (χ0v) is 11.3. The van der Waals surface area contributed by atoms with Crippen molar-refractivity contribution < 1.29 is 9.21 Å². The maximum atomic E-state index is 12.2. The SMILES string of the molecule is Cc1cn2ccnc(C(=O)NCc3coc(C)c3)c2n1. The largest absolute Gasteiger partial charge is 0.469 e. The van der Waals surface area contributed by atoms with Gasteiger partial charge in [0, 0.05) is 30.7 Å². The van der Waals surface area contributed by atoms with E-state index in [1.807, 2.05) is 26.1 Å². The molecule has 3 heterocycles. The van der Waals surface area contributed by atoms with Crippen LogP contribution in [0, 0.1) is 13.8 Å². The topological polar surface area (TPSA) is 72.4 Å². The second kappa shape index (κ2) is 4.80. The first-order chi connectivity index (χ1) is 9.63. The van der Waals surface area contributed by atoms with Crippen molar-refractivity contribution in [3.05, 3.63) is 53.6 Å². The summed E-state index contributed by atoms with van der Waals surface area (Å²) in [5.41, 5.74) is 2.64. The number of hydrogen-bond donors (Lipinski definition) is 1. The van der Waals surface area contributed by atoms with Crippen molar-refractivity contribution in [1.29, 1.82) is 0 Å². The Hall–Kier alpha value is -2.63. The van der Waals surface area contributed by atoms with Gasteiger partial charge in [-0.05, 0) is 19.9 Å². The monoisotopic (exact) mass is 270 g/mol. The Labute approximate surface area is 115 Å². The normalized spacial score (nSPS) is 10.9. The number of nitrogens with one attached hydrogen (secondary N) is 1. The van der Waals surface area contributed by atoms with E-state index in [0.29, 0.717) is 17.9 Å². The third-order valence-corrected chi connectivity index (χ3v) is 2.95. The molecule has 0 unspecified atom stereocenters. The van der Waals surface area contributed by atoms with Crippen molar-refractivity contribution in [2.24, 2.45) is 0 Å². The highest BCUT2D eigenvalue weighted by molar-refractivity contribution is 5.97. The first kappa shape index (κ1) is 12.4. The predicted octanol–water partition coefficient (Wildman–Crippen LogP) is 1.87. The van der Waals surface area contributed by atoms with Crippen molar-refractivity contribution >= 4 is 11.6 Å². The molecule has 6 nitrogen and oxygen atoms in total. The van der Waals surface area contributed by atoms with Gasteiger partial charge in [-0.15, -0.1) is 0 Å². The highest BCUT2D eigenvalue weighted by Crippen LogP contribution is 2.09. The Balaban J connectivity index is 1.81. The van der Waals surface area contributed by atoms with Gasteiger partial charge in [-0.3, -0.25) is 4.79 Å². The van der Waals surface area contributed by atoms with E-state index >= 15 is 0 Å². The molecule has 20 heavy (non-hydrogen) atoms. The summed E-state index contributed by atoms with van der Waals surface area (Å²) in [6, 6.07) is 1.88. The molecule has 0 aromatic carbocycles. The zero-order chi connectivity index (χ0) is 14.1. The standard InChI is InChI=1S/C14H14N4O2/c1-9-7-18-4-3-15-12(13(18)17-9)14(19)16-6-11-5-10(2)20-8-11/h3-5,7-8H,6H2,1-2H3,(H,16,19). The second-order valence-corrected chi connectivity index (χ2v) is 4.64. The summed E-state index contributed by atoms with van der Waals surface area (Å²) >= 11 is 0. The lowest BCUT2D eigenvalue weighted by molar-refractivity contribution is 0.0947. The highest BCUT2D eigenvalue weighted by atomic mass is 16.3.